The van der Waals surface area contributed by atoms with Gasteiger partial charge in [-0.05, 0) is 48.2 Å². The lowest BCUT2D eigenvalue weighted by atomic mass is 10.2. The molecule has 1 aliphatic rings. The van der Waals surface area contributed by atoms with Crippen LogP contribution in [0.15, 0.2) is 58.3 Å². The maximum atomic E-state index is 12.9. The molecule has 1 saturated heterocycles. The number of piperazine rings is 1. The molecule has 1 heterocycles. The van der Waals surface area contributed by atoms with E-state index in [1.165, 1.54) is 21.7 Å². The third kappa shape index (κ3) is 5.14. The first-order valence-corrected chi connectivity index (χ1v) is 11.8. The van der Waals surface area contributed by atoms with E-state index in [1.807, 2.05) is 0 Å². The molecule has 2 aromatic carbocycles. The molecule has 2 aromatic rings. The Bertz CT molecular complexity index is 905. The van der Waals surface area contributed by atoms with Crippen molar-refractivity contribution < 1.29 is 13.2 Å². The Morgan fingerprint density at radius 2 is 1.61 bits per heavy atom. The summed E-state index contributed by atoms with van der Waals surface area (Å²) in [5, 5.41) is 2.64. The first-order chi connectivity index (χ1) is 13.4. The summed E-state index contributed by atoms with van der Waals surface area (Å²) in [6.45, 7) is 4.59. The molecular formula is C20H25N3O3S2. The zero-order valence-corrected chi connectivity index (χ0v) is 17.7. The SMILES string of the molecule is CSc1ccc(CN2CCN(S(=O)(=O)c3ccc(NC(C)=O)cc3)CC2)cc1. The Morgan fingerprint density at radius 3 is 2.14 bits per heavy atom. The smallest absolute Gasteiger partial charge is 0.243 e. The van der Waals surface area contributed by atoms with Crippen LogP contribution in [0.4, 0.5) is 5.69 Å². The number of nitrogens with zero attached hydrogens (tertiary/aromatic N) is 2. The summed E-state index contributed by atoms with van der Waals surface area (Å²) >= 11 is 1.72. The monoisotopic (exact) mass is 419 g/mol. The van der Waals surface area contributed by atoms with Crippen LogP contribution in [0, 0.1) is 0 Å². The number of hydrogen-bond acceptors (Lipinski definition) is 5. The second kappa shape index (κ2) is 9.09. The van der Waals surface area contributed by atoms with Crippen LogP contribution in [0.1, 0.15) is 12.5 Å². The molecule has 1 aliphatic heterocycles. The highest BCUT2D eigenvalue weighted by molar-refractivity contribution is 7.98. The van der Waals surface area contributed by atoms with E-state index in [1.54, 1.807) is 36.0 Å². The van der Waals surface area contributed by atoms with Gasteiger partial charge in [0.25, 0.3) is 0 Å². The minimum absolute atomic E-state index is 0.185. The first kappa shape index (κ1) is 20.9. The number of benzene rings is 2. The third-order valence-electron chi connectivity index (χ3n) is 4.71. The van der Waals surface area contributed by atoms with Crippen molar-refractivity contribution in [2.75, 3.05) is 37.8 Å². The fourth-order valence-electron chi connectivity index (χ4n) is 3.18. The van der Waals surface area contributed by atoms with Crippen LogP contribution in [0.5, 0.6) is 0 Å². The summed E-state index contributed by atoms with van der Waals surface area (Å²) in [4.78, 5) is 14.9. The molecule has 1 fully saturated rings. The highest BCUT2D eigenvalue weighted by Crippen LogP contribution is 2.21. The molecule has 0 aliphatic carbocycles. The molecule has 0 bridgehead atoms. The van der Waals surface area contributed by atoms with Crippen LogP contribution >= 0.6 is 11.8 Å². The normalized spacial score (nSPS) is 16.1. The summed E-state index contributed by atoms with van der Waals surface area (Å²) in [5.41, 5.74) is 1.83. The number of sulfonamides is 1. The number of hydrogen-bond donors (Lipinski definition) is 1. The highest BCUT2D eigenvalue weighted by Gasteiger charge is 2.28. The van der Waals surface area contributed by atoms with E-state index in [0.29, 0.717) is 31.9 Å². The van der Waals surface area contributed by atoms with Crippen molar-refractivity contribution in [2.24, 2.45) is 0 Å². The standard InChI is InChI=1S/C20H25N3O3S2/c1-16(24)21-18-5-9-20(10-6-18)28(25,26)23-13-11-22(12-14-23)15-17-3-7-19(27-2)8-4-17/h3-10H,11-15H2,1-2H3,(H,21,24). The zero-order chi connectivity index (χ0) is 20.1. The summed E-state index contributed by atoms with van der Waals surface area (Å²) < 4.78 is 27.3. The number of thioether (sulfide) groups is 1. The lowest BCUT2D eigenvalue weighted by Crippen LogP contribution is -2.48. The van der Waals surface area contributed by atoms with Gasteiger partial charge in [-0.1, -0.05) is 12.1 Å². The third-order valence-corrected chi connectivity index (χ3v) is 7.37. The summed E-state index contributed by atoms with van der Waals surface area (Å²) in [6.07, 6.45) is 2.06. The van der Waals surface area contributed by atoms with Gasteiger partial charge in [-0.15, -0.1) is 11.8 Å². The molecular weight excluding hydrogens is 394 g/mol. The van der Waals surface area contributed by atoms with Crippen molar-refractivity contribution in [2.45, 2.75) is 23.3 Å². The molecule has 0 spiro atoms. The van der Waals surface area contributed by atoms with E-state index in [-0.39, 0.29) is 10.8 Å². The minimum Gasteiger partial charge on any atom is -0.326 e. The Hall–Kier alpha value is -1.87. The largest absolute Gasteiger partial charge is 0.326 e. The minimum atomic E-state index is -3.52. The number of carbonyl (C=O) groups is 1. The molecule has 3 rings (SSSR count). The quantitative estimate of drug-likeness (QED) is 0.729. The van der Waals surface area contributed by atoms with Crippen molar-refractivity contribution in [3.8, 4) is 0 Å². The molecule has 0 unspecified atom stereocenters. The van der Waals surface area contributed by atoms with Gasteiger partial charge in [0.15, 0.2) is 0 Å². The lowest BCUT2D eigenvalue weighted by Gasteiger charge is -2.34. The van der Waals surface area contributed by atoms with E-state index in [9.17, 15) is 13.2 Å². The van der Waals surface area contributed by atoms with Crippen LogP contribution in [0.3, 0.4) is 0 Å². The molecule has 0 aromatic heterocycles. The number of nitrogens with one attached hydrogen (secondary N) is 1. The van der Waals surface area contributed by atoms with Crippen LogP contribution in [-0.2, 0) is 21.4 Å². The summed E-state index contributed by atoms with van der Waals surface area (Å²) in [5.74, 6) is -0.185. The van der Waals surface area contributed by atoms with Crippen molar-refractivity contribution >= 4 is 33.4 Å². The number of rotatable bonds is 6. The molecule has 1 amide bonds. The molecule has 6 nitrogen and oxygen atoms in total. The molecule has 0 atom stereocenters. The fourth-order valence-corrected chi connectivity index (χ4v) is 5.01. The van der Waals surface area contributed by atoms with Crippen LogP contribution in [0.2, 0.25) is 0 Å². The zero-order valence-electron chi connectivity index (χ0n) is 16.1. The topological polar surface area (TPSA) is 69.7 Å². The number of anilines is 1. The van der Waals surface area contributed by atoms with Gasteiger partial charge in [0.05, 0.1) is 4.90 Å². The Balaban J connectivity index is 1.59. The molecule has 0 radical (unpaired) electrons. The molecule has 28 heavy (non-hydrogen) atoms. The van der Waals surface area contributed by atoms with Gasteiger partial charge < -0.3 is 5.32 Å². The first-order valence-electron chi connectivity index (χ1n) is 9.11. The Kier molecular flexibility index (Phi) is 6.77. The van der Waals surface area contributed by atoms with Crippen molar-refractivity contribution in [3.05, 3.63) is 54.1 Å². The van der Waals surface area contributed by atoms with Gasteiger partial charge in [0.1, 0.15) is 0 Å². The molecule has 1 N–H and O–H groups in total. The number of carbonyl (C=O) groups excluding carboxylic acids is 1. The van der Waals surface area contributed by atoms with E-state index < -0.39 is 10.0 Å². The second-order valence-electron chi connectivity index (χ2n) is 6.73. The number of amides is 1. The molecule has 150 valence electrons. The van der Waals surface area contributed by atoms with Crippen LogP contribution < -0.4 is 5.32 Å². The van der Waals surface area contributed by atoms with Gasteiger partial charge in [0.2, 0.25) is 15.9 Å². The second-order valence-corrected chi connectivity index (χ2v) is 9.55. The van der Waals surface area contributed by atoms with Crippen molar-refractivity contribution in [1.29, 1.82) is 0 Å². The Morgan fingerprint density at radius 1 is 1.00 bits per heavy atom. The van der Waals surface area contributed by atoms with Gasteiger partial charge in [0, 0.05) is 50.2 Å². The maximum absolute atomic E-state index is 12.9. The van der Waals surface area contributed by atoms with Gasteiger partial charge in [-0.25, -0.2) is 8.42 Å². The van der Waals surface area contributed by atoms with Crippen molar-refractivity contribution in [3.63, 3.8) is 0 Å². The molecule has 8 heteroatoms. The average molecular weight is 420 g/mol. The van der Waals surface area contributed by atoms with Gasteiger partial charge in [-0.3, -0.25) is 9.69 Å². The fraction of sp³-hybridized carbons (Fsp3) is 0.350. The molecule has 0 saturated carbocycles. The van der Waals surface area contributed by atoms with Crippen molar-refractivity contribution in [1.82, 2.24) is 9.21 Å². The van der Waals surface area contributed by atoms with E-state index >= 15 is 0 Å². The summed E-state index contributed by atoms with van der Waals surface area (Å²) in [7, 11) is -3.52. The predicted molar refractivity (Wildman–Crippen MR) is 113 cm³/mol. The van der Waals surface area contributed by atoms with Gasteiger partial charge >= 0.3 is 0 Å². The Labute approximate surface area is 171 Å². The van der Waals surface area contributed by atoms with E-state index in [0.717, 1.165) is 6.54 Å². The maximum Gasteiger partial charge on any atom is 0.243 e. The average Bonchev–Trinajstić information content (AvgIpc) is 2.69. The predicted octanol–water partition coefficient (Wildman–Crippen LogP) is 2.87. The van der Waals surface area contributed by atoms with E-state index in [4.69, 9.17) is 0 Å². The van der Waals surface area contributed by atoms with Gasteiger partial charge in [-0.2, -0.15) is 4.31 Å². The highest BCUT2D eigenvalue weighted by atomic mass is 32.2. The van der Waals surface area contributed by atoms with E-state index in [2.05, 4.69) is 40.7 Å². The summed E-state index contributed by atoms with van der Waals surface area (Å²) in [6, 6.07) is 14.8. The van der Waals surface area contributed by atoms with Crippen LogP contribution in [-0.4, -0.2) is 56.0 Å². The van der Waals surface area contributed by atoms with Crippen LogP contribution in [0.25, 0.3) is 0 Å². The lowest BCUT2D eigenvalue weighted by molar-refractivity contribution is -0.114.